The number of aryl methyl sites for hydroxylation is 1. The lowest BCUT2D eigenvalue weighted by molar-refractivity contribution is 0.229. The summed E-state index contributed by atoms with van der Waals surface area (Å²) in [6, 6.07) is 0.766. The Bertz CT molecular complexity index is 475. The highest BCUT2D eigenvalue weighted by Crippen LogP contribution is 2.20. The summed E-state index contributed by atoms with van der Waals surface area (Å²) >= 11 is 1.32. The van der Waals surface area contributed by atoms with Crippen LogP contribution in [0.25, 0.3) is 0 Å². The molecule has 0 radical (unpaired) electrons. The average Bonchev–Trinajstić information content (AvgIpc) is 3.10. The van der Waals surface area contributed by atoms with Crippen molar-refractivity contribution in [1.29, 1.82) is 0 Å². The Balaban J connectivity index is 1.50. The summed E-state index contributed by atoms with van der Waals surface area (Å²) in [5.74, 6) is 0. The molecule has 0 spiro atoms. The topological polar surface area (TPSA) is 28.5 Å². The first kappa shape index (κ1) is 13.3. The van der Waals surface area contributed by atoms with Crippen LogP contribution in [0.2, 0.25) is 0 Å². The number of thiazole rings is 1. The van der Waals surface area contributed by atoms with Crippen LogP contribution in [-0.2, 0) is 6.54 Å². The molecule has 5 heteroatoms. The first-order chi connectivity index (χ1) is 9.24. The Morgan fingerprint density at radius 1 is 1.26 bits per heavy atom. The van der Waals surface area contributed by atoms with E-state index in [0.717, 1.165) is 24.8 Å². The van der Waals surface area contributed by atoms with Crippen molar-refractivity contribution in [3.8, 4) is 0 Å². The highest BCUT2D eigenvalue weighted by Gasteiger charge is 2.28. The summed E-state index contributed by atoms with van der Waals surface area (Å²) in [5.41, 5.74) is 1.10. The molecule has 0 bridgehead atoms. The van der Waals surface area contributed by atoms with Crippen LogP contribution in [0.3, 0.4) is 0 Å². The zero-order valence-corrected chi connectivity index (χ0v) is 12.5. The van der Waals surface area contributed by atoms with E-state index in [4.69, 9.17) is 0 Å². The normalized spacial score (nSPS) is 25.4. The summed E-state index contributed by atoms with van der Waals surface area (Å²) in [7, 11) is 0. The molecule has 0 amide bonds. The zero-order valence-electron chi connectivity index (χ0n) is 11.7. The van der Waals surface area contributed by atoms with Crippen LogP contribution in [0, 0.1) is 6.92 Å². The third-order valence-electron chi connectivity index (χ3n) is 4.52. The number of likely N-dealkylation sites (tertiary alicyclic amines) is 2. The van der Waals surface area contributed by atoms with Gasteiger partial charge in [0.25, 0.3) is 0 Å². The Morgan fingerprint density at radius 3 is 2.74 bits per heavy atom. The van der Waals surface area contributed by atoms with Crippen molar-refractivity contribution in [3.05, 3.63) is 20.7 Å². The number of hydrogen-bond donors (Lipinski definition) is 0. The number of hydrogen-bond acceptors (Lipinski definition) is 4. The smallest absolute Gasteiger partial charge is 0.302 e. The van der Waals surface area contributed by atoms with Crippen molar-refractivity contribution in [1.82, 2.24) is 14.4 Å². The van der Waals surface area contributed by atoms with E-state index in [1.165, 1.54) is 56.8 Å². The highest BCUT2D eigenvalue weighted by molar-refractivity contribution is 7.07. The SMILES string of the molecule is Cc1csc(=O)n1CCN1CCC(N2CCCC2)C1. The van der Waals surface area contributed by atoms with Crippen molar-refractivity contribution < 1.29 is 0 Å². The van der Waals surface area contributed by atoms with Crippen molar-refractivity contribution in [2.45, 2.75) is 38.8 Å². The first-order valence-electron chi connectivity index (χ1n) is 7.35. The molecule has 1 aromatic rings. The van der Waals surface area contributed by atoms with E-state index in [1.807, 2.05) is 16.9 Å². The van der Waals surface area contributed by atoms with Crippen molar-refractivity contribution in [2.75, 3.05) is 32.7 Å². The van der Waals surface area contributed by atoms with Crippen molar-refractivity contribution in [3.63, 3.8) is 0 Å². The molecule has 3 heterocycles. The standard InChI is InChI=1S/C14H23N3OS/c1-12-11-19-14(18)17(12)9-8-15-7-4-13(10-15)16-5-2-3-6-16/h11,13H,2-10H2,1H3. The van der Waals surface area contributed by atoms with Gasteiger partial charge >= 0.3 is 4.87 Å². The lowest BCUT2D eigenvalue weighted by Gasteiger charge is -2.23. The largest absolute Gasteiger partial charge is 0.307 e. The number of rotatable bonds is 4. The summed E-state index contributed by atoms with van der Waals surface area (Å²) in [6.07, 6.45) is 4.05. The molecule has 3 rings (SSSR count). The highest BCUT2D eigenvalue weighted by atomic mass is 32.1. The molecule has 0 saturated carbocycles. The van der Waals surface area contributed by atoms with Crippen molar-refractivity contribution in [2.24, 2.45) is 0 Å². The summed E-state index contributed by atoms with van der Waals surface area (Å²) in [5, 5.41) is 1.96. The maximum atomic E-state index is 11.7. The number of aromatic nitrogens is 1. The van der Waals surface area contributed by atoms with Gasteiger partial charge < -0.3 is 4.57 Å². The third-order valence-corrected chi connectivity index (χ3v) is 5.40. The molecule has 2 fully saturated rings. The predicted molar refractivity (Wildman–Crippen MR) is 79.0 cm³/mol. The van der Waals surface area contributed by atoms with E-state index in [-0.39, 0.29) is 4.87 Å². The van der Waals surface area contributed by atoms with Crippen LogP contribution in [0.4, 0.5) is 0 Å². The average molecular weight is 281 g/mol. The van der Waals surface area contributed by atoms with Crippen LogP contribution in [-0.4, -0.2) is 53.1 Å². The van der Waals surface area contributed by atoms with Crippen LogP contribution in [0.1, 0.15) is 25.0 Å². The van der Waals surface area contributed by atoms with E-state index in [1.54, 1.807) is 0 Å². The van der Waals surface area contributed by atoms with Crippen molar-refractivity contribution >= 4 is 11.3 Å². The van der Waals surface area contributed by atoms with Gasteiger partial charge in [0, 0.05) is 36.8 Å². The molecule has 1 unspecified atom stereocenters. The third kappa shape index (κ3) is 2.93. The van der Waals surface area contributed by atoms with Crippen LogP contribution in [0.5, 0.6) is 0 Å². The van der Waals surface area contributed by atoms with E-state index in [2.05, 4.69) is 9.80 Å². The minimum absolute atomic E-state index is 0.188. The van der Waals surface area contributed by atoms with Gasteiger partial charge in [-0.15, -0.1) is 0 Å². The van der Waals surface area contributed by atoms with Gasteiger partial charge in [0.15, 0.2) is 0 Å². The van der Waals surface area contributed by atoms with Crippen LogP contribution < -0.4 is 4.87 Å². The molecule has 2 aliphatic rings. The fourth-order valence-corrected chi connectivity index (χ4v) is 4.10. The number of nitrogens with zero attached hydrogens (tertiary/aromatic N) is 3. The fraction of sp³-hybridized carbons (Fsp3) is 0.786. The van der Waals surface area contributed by atoms with E-state index < -0.39 is 0 Å². The van der Waals surface area contributed by atoms with Gasteiger partial charge in [0.2, 0.25) is 0 Å². The summed E-state index contributed by atoms with van der Waals surface area (Å²) in [6.45, 7) is 8.86. The molecular weight excluding hydrogens is 258 g/mol. The quantitative estimate of drug-likeness (QED) is 0.835. The second kappa shape index (κ2) is 5.77. The van der Waals surface area contributed by atoms with Gasteiger partial charge in [-0.2, -0.15) is 0 Å². The zero-order chi connectivity index (χ0) is 13.2. The van der Waals surface area contributed by atoms with Gasteiger partial charge in [-0.3, -0.25) is 14.6 Å². The molecular formula is C14H23N3OS. The summed E-state index contributed by atoms with van der Waals surface area (Å²) < 4.78 is 1.91. The maximum absolute atomic E-state index is 11.7. The fourth-order valence-electron chi connectivity index (χ4n) is 3.34. The predicted octanol–water partition coefficient (Wildman–Crippen LogP) is 1.39. The maximum Gasteiger partial charge on any atom is 0.307 e. The van der Waals surface area contributed by atoms with Gasteiger partial charge in [0.1, 0.15) is 0 Å². The molecule has 0 aromatic carbocycles. The van der Waals surface area contributed by atoms with E-state index in [9.17, 15) is 4.79 Å². The van der Waals surface area contributed by atoms with Gasteiger partial charge in [-0.05, 0) is 45.8 Å². The monoisotopic (exact) mass is 281 g/mol. The first-order valence-corrected chi connectivity index (χ1v) is 8.23. The lowest BCUT2D eigenvalue weighted by atomic mass is 10.2. The molecule has 106 valence electrons. The molecule has 19 heavy (non-hydrogen) atoms. The molecule has 2 saturated heterocycles. The lowest BCUT2D eigenvalue weighted by Crippen LogP contribution is -2.36. The Hall–Kier alpha value is -0.650. The van der Waals surface area contributed by atoms with Gasteiger partial charge in [-0.1, -0.05) is 11.3 Å². The molecule has 0 aliphatic carbocycles. The Labute approximate surface area is 118 Å². The van der Waals surface area contributed by atoms with E-state index >= 15 is 0 Å². The minimum Gasteiger partial charge on any atom is -0.302 e. The molecule has 4 nitrogen and oxygen atoms in total. The Morgan fingerprint density at radius 2 is 2.05 bits per heavy atom. The molecule has 1 atom stereocenters. The van der Waals surface area contributed by atoms with Gasteiger partial charge in [0.05, 0.1) is 0 Å². The van der Waals surface area contributed by atoms with Crippen LogP contribution >= 0.6 is 11.3 Å². The molecule has 2 aliphatic heterocycles. The minimum atomic E-state index is 0.188. The molecule has 1 aromatic heterocycles. The van der Waals surface area contributed by atoms with E-state index in [0.29, 0.717) is 0 Å². The molecule has 0 N–H and O–H groups in total. The summed E-state index contributed by atoms with van der Waals surface area (Å²) in [4.78, 5) is 17.0. The van der Waals surface area contributed by atoms with Gasteiger partial charge in [-0.25, -0.2) is 0 Å². The van der Waals surface area contributed by atoms with Crippen LogP contribution in [0.15, 0.2) is 10.2 Å². The Kier molecular flexibility index (Phi) is 4.05. The second-order valence-electron chi connectivity index (χ2n) is 5.78. The second-order valence-corrected chi connectivity index (χ2v) is 6.60.